The summed E-state index contributed by atoms with van der Waals surface area (Å²) < 4.78 is 0. The molecule has 0 amide bonds. The standard InChI is InChI=1S/C11H21N3S/c1-5-11(2,14(3)4)10(12)6-9-7-13-8-15-9/h7-8,10H,5-6,12H2,1-4H3. The van der Waals surface area contributed by atoms with Crippen LogP contribution in [0.1, 0.15) is 25.1 Å². The number of hydrogen-bond donors (Lipinski definition) is 1. The molecule has 0 radical (unpaired) electrons. The highest BCUT2D eigenvalue weighted by atomic mass is 32.1. The molecule has 2 atom stereocenters. The molecule has 86 valence electrons. The van der Waals surface area contributed by atoms with Crippen LogP contribution < -0.4 is 5.73 Å². The lowest BCUT2D eigenvalue weighted by Crippen LogP contribution is -2.55. The van der Waals surface area contributed by atoms with Crippen molar-refractivity contribution in [3.8, 4) is 0 Å². The third-order valence-corrected chi connectivity index (χ3v) is 4.24. The lowest BCUT2D eigenvalue weighted by Gasteiger charge is -2.40. The Balaban J connectivity index is 2.69. The van der Waals surface area contributed by atoms with Gasteiger partial charge in [-0.15, -0.1) is 11.3 Å². The summed E-state index contributed by atoms with van der Waals surface area (Å²) in [6.45, 7) is 4.41. The summed E-state index contributed by atoms with van der Waals surface area (Å²) in [5.74, 6) is 0. The van der Waals surface area contributed by atoms with E-state index in [9.17, 15) is 0 Å². The Kier molecular flexibility index (Phi) is 4.25. The van der Waals surface area contributed by atoms with E-state index in [0.29, 0.717) is 0 Å². The first-order valence-corrected chi connectivity index (χ1v) is 6.19. The molecule has 0 saturated carbocycles. The van der Waals surface area contributed by atoms with Crippen LogP contribution in [0, 0.1) is 0 Å². The van der Waals surface area contributed by atoms with E-state index in [1.165, 1.54) is 4.88 Å². The van der Waals surface area contributed by atoms with Crippen molar-refractivity contribution in [2.45, 2.75) is 38.3 Å². The van der Waals surface area contributed by atoms with E-state index >= 15 is 0 Å². The van der Waals surface area contributed by atoms with Gasteiger partial charge in [0.1, 0.15) is 0 Å². The fourth-order valence-corrected chi connectivity index (χ4v) is 2.34. The van der Waals surface area contributed by atoms with Gasteiger partial charge in [-0.25, -0.2) is 0 Å². The SMILES string of the molecule is CCC(C)(C(N)Cc1cncs1)N(C)C. The summed E-state index contributed by atoms with van der Waals surface area (Å²) in [6, 6.07) is 0.151. The molecule has 2 N–H and O–H groups in total. The van der Waals surface area contributed by atoms with Gasteiger partial charge in [-0.1, -0.05) is 6.92 Å². The van der Waals surface area contributed by atoms with E-state index in [2.05, 4.69) is 37.8 Å². The van der Waals surface area contributed by atoms with Crippen molar-refractivity contribution in [3.63, 3.8) is 0 Å². The predicted molar refractivity (Wildman–Crippen MR) is 66.2 cm³/mol. The fraction of sp³-hybridized carbons (Fsp3) is 0.727. The number of nitrogens with two attached hydrogens (primary N) is 1. The summed E-state index contributed by atoms with van der Waals surface area (Å²) in [6.07, 6.45) is 3.88. The zero-order valence-electron chi connectivity index (χ0n) is 10.0. The molecular formula is C11H21N3S. The van der Waals surface area contributed by atoms with E-state index in [1.807, 2.05) is 11.7 Å². The molecule has 0 aromatic carbocycles. The van der Waals surface area contributed by atoms with Crippen LogP contribution >= 0.6 is 11.3 Å². The summed E-state index contributed by atoms with van der Waals surface area (Å²) in [7, 11) is 4.19. The molecule has 4 heteroatoms. The smallest absolute Gasteiger partial charge is 0.0794 e. The Hall–Kier alpha value is -0.450. The largest absolute Gasteiger partial charge is 0.326 e. The van der Waals surface area contributed by atoms with Crippen LogP contribution in [0.3, 0.4) is 0 Å². The fourth-order valence-electron chi connectivity index (χ4n) is 1.69. The quantitative estimate of drug-likeness (QED) is 0.833. The molecule has 1 aromatic rings. The summed E-state index contributed by atoms with van der Waals surface area (Å²) in [4.78, 5) is 7.57. The summed E-state index contributed by atoms with van der Waals surface area (Å²) in [5, 5.41) is 0. The van der Waals surface area contributed by atoms with Crippen LogP contribution in [0.5, 0.6) is 0 Å². The van der Waals surface area contributed by atoms with Gasteiger partial charge in [0.05, 0.1) is 5.51 Å². The molecule has 0 bridgehead atoms. The van der Waals surface area contributed by atoms with Crippen molar-refractivity contribution in [1.82, 2.24) is 9.88 Å². The highest BCUT2D eigenvalue weighted by Crippen LogP contribution is 2.23. The van der Waals surface area contributed by atoms with Gasteiger partial charge in [-0.2, -0.15) is 0 Å². The van der Waals surface area contributed by atoms with E-state index in [-0.39, 0.29) is 11.6 Å². The van der Waals surface area contributed by atoms with Crippen LogP contribution in [-0.4, -0.2) is 35.6 Å². The van der Waals surface area contributed by atoms with E-state index in [0.717, 1.165) is 12.8 Å². The van der Waals surface area contributed by atoms with Crippen LogP contribution in [-0.2, 0) is 6.42 Å². The zero-order chi connectivity index (χ0) is 11.5. The monoisotopic (exact) mass is 227 g/mol. The molecular weight excluding hydrogens is 206 g/mol. The average molecular weight is 227 g/mol. The van der Waals surface area contributed by atoms with E-state index in [4.69, 9.17) is 5.73 Å². The molecule has 1 heterocycles. The molecule has 0 saturated heterocycles. The Labute approximate surface area is 96.3 Å². The van der Waals surface area contributed by atoms with Gasteiger partial charge >= 0.3 is 0 Å². The molecule has 2 unspecified atom stereocenters. The second-order valence-corrected chi connectivity index (χ2v) is 5.35. The van der Waals surface area contributed by atoms with Gasteiger partial charge in [-0.3, -0.25) is 4.98 Å². The minimum absolute atomic E-state index is 0.0595. The Morgan fingerprint density at radius 2 is 2.27 bits per heavy atom. The van der Waals surface area contributed by atoms with Gasteiger partial charge in [0.25, 0.3) is 0 Å². The lowest BCUT2D eigenvalue weighted by molar-refractivity contribution is 0.131. The maximum Gasteiger partial charge on any atom is 0.0794 e. The molecule has 0 aliphatic carbocycles. The van der Waals surface area contributed by atoms with Crippen molar-refractivity contribution >= 4 is 11.3 Å². The molecule has 0 aliphatic rings. The third-order valence-electron chi connectivity index (χ3n) is 3.44. The van der Waals surface area contributed by atoms with Crippen molar-refractivity contribution < 1.29 is 0 Å². The Morgan fingerprint density at radius 3 is 2.67 bits per heavy atom. The van der Waals surface area contributed by atoms with Crippen LogP contribution in [0.15, 0.2) is 11.7 Å². The average Bonchev–Trinajstić information content (AvgIpc) is 2.68. The molecule has 3 nitrogen and oxygen atoms in total. The number of aromatic nitrogens is 1. The Morgan fingerprint density at radius 1 is 1.60 bits per heavy atom. The minimum atomic E-state index is 0.0595. The van der Waals surface area contributed by atoms with Crippen LogP contribution in [0.2, 0.25) is 0 Å². The number of likely N-dealkylation sites (N-methyl/N-ethyl adjacent to an activating group) is 1. The number of hydrogen-bond acceptors (Lipinski definition) is 4. The second-order valence-electron chi connectivity index (χ2n) is 4.38. The molecule has 1 aromatic heterocycles. The second kappa shape index (κ2) is 5.05. The third kappa shape index (κ3) is 2.77. The highest BCUT2D eigenvalue weighted by Gasteiger charge is 2.32. The van der Waals surface area contributed by atoms with Crippen molar-refractivity contribution in [3.05, 3.63) is 16.6 Å². The zero-order valence-corrected chi connectivity index (χ0v) is 10.8. The summed E-state index contributed by atoms with van der Waals surface area (Å²) >= 11 is 1.68. The van der Waals surface area contributed by atoms with Crippen molar-refractivity contribution in [1.29, 1.82) is 0 Å². The molecule has 15 heavy (non-hydrogen) atoms. The first kappa shape index (κ1) is 12.6. The maximum absolute atomic E-state index is 6.29. The first-order valence-electron chi connectivity index (χ1n) is 5.31. The first-order chi connectivity index (χ1) is 7.00. The summed E-state index contributed by atoms with van der Waals surface area (Å²) in [5.41, 5.74) is 8.21. The molecule has 1 rings (SSSR count). The topological polar surface area (TPSA) is 42.1 Å². The number of thiazole rings is 1. The van der Waals surface area contributed by atoms with Gasteiger partial charge in [-0.05, 0) is 27.4 Å². The Bertz CT molecular complexity index is 284. The van der Waals surface area contributed by atoms with Crippen molar-refractivity contribution in [2.75, 3.05) is 14.1 Å². The number of nitrogens with zero attached hydrogens (tertiary/aromatic N) is 2. The van der Waals surface area contributed by atoms with E-state index < -0.39 is 0 Å². The molecule has 0 aliphatic heterocycles. The van der Waals surface area contributed by atoms with Crippen LogP contribution in [0.25, 0.3) is 0 Å². The van der Waals surface area contributed by atoms with Crippen molar-refractivity contribution in [2.24, 2.45) is 5.73 Å². The molecule has 0 fully saturated rings. The van der Waals surface area contributed by atoms with Gasteiger partial charge < -0.3 is 10.6 Å². The minimum Gasteiger partial charge on any atom is -0.326 e. The van der Waals surface area contributed by atoms with E-state index in [1.54, 1.807) is 11.3 Å². The van der Waals surface area contributed by atoms with Gasteiger partial charge in [0, 0.05) is 29.1 Å². The number of rotatable bonds is 5. The predicted octanol–water partition coefficient (Wildman–Crippen LogP) is 1.74. The van der Waals surface area contributed by atoms with Crippen LogP contribution in [0.4, 0.5) is 0 Å². The lowest BCUT2D eigenvalue weighted by atomic mass is 9.86. The normalized spacial score (nSPS) is 17.7. The van der Waals surface area contributed by atoms with Gasteiger partial charge in [0.2, 0.25) is 0 Å². The van der Waals surface area contributed by atoms with Gasteiger partial charge in [0.15, 0.2) is 0 Å². The molecule has 0 spiro atoms. The highest BCUT2D eigenvalue weighted by molar-refractivity contribution is 7.09. The maximum atomic E-state index is 6.29.